The van der Waals surface area contributed by atoms with E-state index in [-0.39, 0.29) is 18.1 Å². The van der Waals surface area contributed by atoms with E-state index in [1.54, 1.807) is 19.2 Å². The highest BCUT2D eigenvalue weighted by atomic mass is 16.6. The number of pyridine rings is 1. The Kier molecular flexibility index (Phi) is 4.14. The maximum absolute atomic E-state index is 11.0. The molecule has 0 aliphatic rings. The summed E-state index contributed by atoms with van der Waals surface area (Å²) in [6, 6.07) is 2.98. The zero-order chi connectivity index (χ0) is 14.5. The number of nitro groups is 1. The highest BCUT2D eigenvalue weighted by Gasteiger charge is 2.16. The molecular weight excluding hydrogens is 262 g/mol. The molecule has 0 fully saturated rings. The number of nitrogens with zero attached hydrogens (tertiary/aromatic N) is 3. The molecule has 0 atom stereocenters. The smallest absolute Gasteiger partial charge is 0.311 e. The van der Waals surface area contributed by atoms with Gasteiger partial charge in [0.25, 0.3) is 0 Å². The van der Waals surface area contributed by atoms with Gasteiger partial charge in [-0.1, -0.05) is 0 Å². The number of anilines is 2. The second-order valence-electron chi connectivity index (χ2n) is 4.07. The van der Waals surface area contributed by atoms with Crippen molar-refractivity contribution < 1.29 is 9.34 Å². The van der Waals surface area contributed by atoms with Crippen LogP contribution in [0.25, 0.3) is 0 Å². The van der Waals surface area contributed by atoms with Gasteiger partial charge in [-0.15, -0.1) is 0 Å². The van der Waals surface area contributed by atoms with Crippen molar-refractivity contribution in [2.45, 2.75) is 20.4 Å². The molecule has 8 nitrogen and oxygen atoms in total. The summed E-state index contributed by atoms with van der Waals surface area (Å²) in [6.45, 7) is 4.62. The number of hydrogen-bond acceptors (Lipinski definition) is 7. The Bertz CT molecular complexity index is 611. The van der Waals surface area contributed by atoms with Gasteiger partial charge in [0, 0.05) is 12.6 Å². The average molecular weight is 277 g/mol. The number of rotatable bonds is 6. The van der Waals surface area contributed by atoms with Gasteiger partial charge in [0.15, 0.2) is 0 Å². The van der Waals surface area contributed by atoms with Crippen LogP contribution in [0.2, 0.25) is 0 Å². The highest BCUT2D eigenvalue weighted by molar-refractivity contribution is 5.60. The first kappa shape index (κ1) is 13.8. The van der Waals surface area contributed by atoms with Crippen LogP contribution in [0.3, 0.4) is 0 Å². The van der Waals surface area contributed by atoms with Gasteiger partial charge < -0.3 is 15.1 Å². The average Bonchev–Trinajstić information content (AvgIpc) is 2.82. The maximum atomic E-state index is 11.0. The largest absolute Gasteiger partial charge is 0.444 e. The lowest BCUT2D eigenvalue weighted by atomic mass is 10.3. The molecule has 0 bridgehead atoms. The van der Waals surface area contributed by atoms with Gasteiger partial charge in [0.1, 0.15) is 11.6 Å². The molecule has 0 amide bonds. The van der Waals surface area contributed by atoms with E-state index in [0.717, 1.165) is 0 Å². The van der Waals surface area contributed by atoms with E-state index >= 15 is 0 Å². The fraction of sp³-hybridized carbons (Fsp3) is 0.333. The maximum Gasteiger partial charge on any atom is 0.311 e. The van der Waals surface area contributed by atoms with Crippen molar-refractivity contribution in [1.29, 1.82) is 0 Å². The van der Waals surface area contributed by atoms with Gasteiger partial charge in [0.05, 0.1) is 17.7 Å². The van der Waals surface area contributed by atoms with Crippen LogP contribution >= 0.6 is 0 Å². The molecule has 0 aliphatic carbocycles. The first-order chi connectivity index (χ1) is 9.60. The summed E-state index contributed by atoms with van der Waals surface area (Å²) in [5.74, 6) is 1.89. The van der Waals surface area contributed by atoms with Crippen molar-refractivity contribution >= 4 is 17.3 Å². The zero-order valence-corrected chi connectivity index (χ0v) is 11.2. The monoisotopic (exact) mass is 277 g/mol. The Morgan fingerprint density at radius 3 is 2.80 bits per heavy atom. The van der Waals surface area contributed by atoms with E-state index in [2.05, 4.69) is 20.6 Å². The van der Waals surface area contributed by atoms with Crippen molar-refractivity contribution in [2.24, 2.45) is 0 Å². The number of aryl methyl sites for hydroxylation is 1. The fourth-order valence-electron chi connectivity index (χ4n) is 1.65. The molecule has 0 radical (unpaired) electrons. The van der Waals surface area contributed by atoms with Crippen molar-refractivity contribution in [3.05, 3.63) is 40.1 Å². The molecular formula is C12H15N5O3. The van der Waals surface area contributed by atoms with Crippen LogP contribution in [-0.2, 0) is 6.54 Å². The van der Waals surface area contributed by atoms with E-state index in [1.165, 1.54) is 6.07 Å². The SMILES string of the molecule is CCNc1ccc([N+](=O)[O-])c(NCc2ncc(C)o2)n1. The first-order valence-corrected chi connectivity index (χ1v) is 6.14. The van der Waals surface area contributed by atoms with E-state index in [0.29, 0.717) is 24.0 Å². The van der Waals surface area contributed by atoms with Crippen LogP contribution in [0.1, 0.15) is 18.6 Å². The minimum atomic E-state index is -0.480. The molecule has 0 aromatic carbocycles. The molecule has 0 aliphatic heterocycles. The number of aromatic nitrogens is 2. The molecule has 2 heterocycles. The minimum Gasteiger partial charge on any atom is -0.444 e. The Morgan fingerprint density at radius 1 is 1.40 bits per heavy atom. The molecule has 0 unspecified atom stereocenters. The zero-order valence-electron chi connectivity index (χ0n) is 11.2. The van der Waals surface area contributed by atoms with Crippen molar-refractivity contribution in [3.63, 3.8) is 0 Å². The standard InChI is InChI=1S/C12H15N5O3/c1-3-13-10-5-4-9(17(18)19)12(16-10)15-7-11-14-6-8(2)20-11/h4-6H,3,7H2,1-2H3,(H2,13,15,16). The van der Waals surface area contributed by atoms with Crippen LogP contribution in [0, 0.1) is 17.0 Å². The molecule has 106 valence electrons. The number of oxazole rings is 1. The van der Waals surface area contributed by atoms with Gasteiger partial charge in [-0.2, -0.15) is 0 Å². The third-order valence-electron chi connectivity index (χ3n) is 2.50. The molecule has 20 heavy (non-hydrogen) atoms. The van der Waals surface area contributed by atoms with E-state index in [9.17, 15) is 10.1 Å². The summed E-state index contributed by atoms with van der Waals surface area (Å²) in [4.78, 5) is 18.7. The van der Waals surface area contributed by atoms with Crippen LogP contribution in [0.15, 0.2) is 22.7 Å². The third kappa shape index (κ3) is 3.22. The Hall–Kier alpha value is -2.64. The number of nitrogens with one attached hydrogen (secondary N) is 2. The highest BCUT2D eigenvalue weighted by Crippen LogP contribution is 2.24. The molecule has 2 aromatic rings. The van der Waals surface area contributed by atoms with Crippen LogP contribution in [-0.4, -0.2) is 21.4 Å². The lowest BCUT2D eigenvalue weighted by molar-refractivity contribution is -0.384. The molecule has 8 heteroatoms. The topological polar surface area (TPSA) is 106 Å². The normalized spacial score (nSPS) is 10.3. The lowest BCUT2D eigenvalue weighted by Crippen LogP contribution is -2.07. The number of hydrogen-bond donors (Lipinski definition) is 2. The Labute approximate surface area is 115 Å². The third-order valence-corrected chi connectivity index (χ3v) is 2.50. The first-order valence-electron chi connectivity index (χ1n) is 6.14. The van der Waals surface area contributed by atoms with Crippen molar-refractivity contribution in [1.82, 2.24) is 9.97 Å². The summed E-state index contributed by atoms with van der Waals surface area (Å²) < 4.78 is 5.30. The van der Waals surface area contributed by atoms with Gasteiger partial charge in [-0.05, 0) is 19.9 Å². The summed E-state index contributed by atoms with van der Waals surface area (Å²) >= 11 is 0. The van der Waals surface area contributed by atoms with E-state index in [4.69, 9.17) is 4.42 Å². The summed E-state index contributed by atoms with van der Waals surface area (Å²) in [5, 5.41) is 16.9. The molecule has 2 aromatic heterocycles. The van der Waals surface area contributed by atoms with Crippen molar-refractivity contribution in [2.75, 3.05) is 17.2 Å². The Balaban J connectivity index is 2.18. The summed E-state index contributed by atoms with van der Waals surface area (Å²) in [7, 11) is 0. The molecule has 0 spiro atoms. The van der Waals surface area contributed by atoms with Gasteiger partial charge in [-0.25, -0.2) is 9.97 Å². The molecule has 2 N–H and O–H groups in total. The predicted molar refractivity (Wildman–Crippen MR) is 73.6 cm³/mol. The fourth-order valence-corrected chi connectivity index (χ4v) is 1.65. The molecule has 0 saturated heterocycles. The van der Waals surface area contributed by atoms with Crippen LogP contribution in [0.4, 0.5) is 17.3 Å². The van der Waals surface area contributed by atoms with Crippen molar-refractivity contribution in [3.8, 4) is 0 Å². The van der Waals surface area contributed by atoms with E-state index < -0.39 is 4.92 Å². The van der Waals surface area contributed by atoms with Crippen LogP contribution < -0.4 is 10.6 Å². The minimum absolute atomic E-state index is 0.0880. The predicted octanol–water partition coefficient (Wildman–Crippen LogP) is 2.33. The quantitative estimate of drug-likeness (QED) is 0.616. The van der Waals surface area contributed by atoms with Gasteiger partial charge in [0.2, 0.25) is 11.7 Å². The van der Waals surface area contributed by atoms with E-state index in [1.807, 2.05) is 6.92 Å². The molecule has 2 rings (SSSR count). The van der Waals surface area contributed by atoms with Crippen LogP contribution in [0.5, 0.6) is 0 Å². The second-order valence-corrected chi connectivity index (χ2v) is 4.07. The Morgan fingerprint density at radius 2 is 2.20 bits per heavy atom. The molecule has 0 saturated carbocycles. The summed E-state index contributed by atoms with van der Waals surface area (Å²) in [5.41, 5.74) is -0.0880. The van der Waals surface area contributed by atoms with Gasteiger partial charge >= 0.3 is 5.69 Å². The lowest BCUT2D eigenvalue weighted by Gasteiger charge is -2.07. The second kappa shape index (κ2) is 6.00. The summed E-state index contributed by atoms with van der Waals surface area (Å²) in [6.07, 6.45) is 1.59. The van der Waals surface area contributed by atoms with Gasteiger partial charge in [-0.3, -0.25) is 10.1 Å².